The van der Waals surface area contributed by atoms with E-state index >= 15 is 0 Å². The average molecular weight is 222 g/mol. The molecule has 2 atom stereocenters. The van der Waals surface area contributed by atoms with Gasteiger partial charge >= 0.3 is 0 Å². The topological polar surface area (TPSA) is 0 Å². The van der Waals surface area contributed by atoms with Crippen LogP contribution in [0.15, 0.2) is 0 Å². The molecule has 0 saturated carbocycles. The van der Waals surface area contributed by atoms with Crippen LogP contribution in [0.25, 0.3) is 0 Å². The third-order valence-electron chi connectivity index (χ3n) is 2.19. The minimum absolute atomic E-state index is 1.22. The van der Waals surface area contributed by atoms with Crippen LogP contribution >= 0.6 is 27.1 Å². The van der Waals surface area contributed by atoms with Crippen molar-refractivity contribution in [3.63, 3.8) is 0 Å². The van der Waals surface area contributed by atoms with E-state index in [-0.39, 0.29) is 0 Å². The highest BCUT2D eigenvalue weighted by Crippen LogP contribution is 2.48. The second kappa shape index (κ2) is 8.79. The van der Waals surface area contributed by atoms with Crippen LogP contribution in [0.3, 0.4) is 0 Å². The van der Waals surface area contributed by atoms with Crippen LogP contribution in [-0.2, 0) is 0 Å². The molecule has 72 valence electrons. The van der Waals surface area contributed by atoms with Gasteiger partial charge in [-0.1, -0.05) is 40.4 Å². The predicted octanol–water partition coefficient (Wildman–Crippen LogP) is 4.65. The Morgan fingerprint density at radius 3 is 2.25 bits per heavy atom. The Kier molecular flexibility index (Phi) is 8.27. The summed E-state index contributed by atoms with van der Waals surface area (Å²) in [5.41, 5.74) is 0. The Balaban J connectivity index is 2.00. The minimum Gasteiger partial charge on any atom is -0.133 e. The molecule has 1 aliphatic rings. The SMILES string of the molecule is C1CCCCPPSCCCC1. The molecule has 0 radical (unpaired) electrons. The van der Waals surface area contributed by atoms with Crippen molar-refractivity contribution in [2.24, 2.45) is 0 Å². The maximum Gasteiger partial charge on any atom is -0.00250 e. The Morgan fingerprint density at radius 2 is 1.42 bits per heavy atom. The number of hydrogen-bond acceptors (Lipinski definition) is 1. The van der Waals surface area contributed by atoms with E-state index in [1.807, 2.05) is 0 Å². The molecule has 12 heavy (non-hydrogen) atoms. The van der Waals surface area contributed by atoms with Gasteiger partial charge in [-0.2, -0.15) is 0 Å². The third kappa shape index (κ3) is 6.70. The lowest BCUT2D eigenvalue weighted by Crippen LogP contribution is -1.83. The van der Waals surface area contributed by atoms with Crippen molar-refractivity contribution >= 4 is 27.1 Å². The summed E-state index contributed by atoms with van der Waals surface area (Å²) in [6, 6.07) is 0. The van der Waals surface area contributed by atoms with Gasteiger partial charge in [0.05, 0.1) is 0 Å². The summed E-state index contributed by atoms with van der Waals surface area (Å²) < 4.78 is 0. The van der Waals surface area contributed by atoms with E-state index in [1.54, 1.807) is 0 Å². The first kappa shape index (κ1) is 11.3. The van der Waals surface area contributed by atoms with E-state index in [9.17, 15) is 0 Å². The molecule has 1 heterocycles. The van der Waals surface area contributed by atoms with Gasteiger partial charge in [-0.15, -0.1) is 11.4 Å². The summed E-state index contributed by atoms with van der Waals surface area (Å²) in [4.78, 5) is 0. The van der Waals surface area contributed by atoms with E-state index in [1.165, 1.54) is 72.6 Å². The summed E-state index contributed by atoms with van der Waals surface area (Å²) in [5.74, 6) is 1.44. The summed E-state index contributed by atoms with van der Waals surface area (Å²) in [5, 5.41) is 0. The summed E-state index contributed by atoms with van der Waals surface area (Å²) in [7, 11) is 2.49. The van der Waals surface area contributed by atoms with Gasteiger partial charge in [0.1, 0.15) is 0 Å². The van der Waals surface area contributed by atoms with Gasteiger partial charge in [0.25, 0.3) is 0 Å². The quantitative estimate of drug-likeness (QED) is 0.537. The molecule has 1 rings (SSSR count). The molecule has 0 aromatic carbocycles. The number of rotatable bonds is 0. The Hall–Kier alpha value is 1.21. The van der Waals surface area contributed by atoms with Crippen LogP contribution in [0.5, 0.6) is 0 Å². The molecular weight excluding hydrogens is 202 g/mol. The standard InChI is InChI=1S/C9H20P2S/c1-2-4-6-8-10-11-12-9-7-5-3-1/h10-11H,1-9H2. The second-order valence-electron chi connectivity index (χ2n) is 3.35. The molecule has 0 aliphatic carbocycles. The van der Waals surface area contributed by atoms with Crippen molar-refractivity contribution in [1.29, 1.82) is 0 Å². The zero-order chi connectivity index (χ0) is 8.49. The predicted molar refractivity (Wildman–Crippen MR) is 66.3 cm³/mol. The van der Waals surface area contributed by atoms with Gasteiger partial charge in [0.2, 0.25) is 0 Å². The van der Waals surface area contributed by atoms with Crippen molar-refractivity contribution in [3.8, 4) is 0 Å². The van der Waals surface area contributed by atoms with Crippen molar-refractivity contribution in [3.05, 3.63) is 0 Å². The highest BCUT2D eigenvalue weighted by atomic mass is 32.9. The van der Waals surface area contributed by atoms with Crippen LogP contribution in [0, 0.1) is 0 Å². The molecule has 0 aromatic rings. The summed E-state index contributed by atoms with van der Waals surface area (Å²) >= 11 is 2.21. The molecule has 0 N–H and O–H groups in total. The second-order valence-corrected chi connectivity index (χ2v) is 9.48. The van der Waals surface area contributed by atoms with E-state index in [2.05, 4.69) is 11.4 Å². The fourth-order valence-corrected chi connectivity index (χ4v) is 7.14. The van der Waals surface area contributed by atoms with Gasteiger partial charge in [0, 0.05) is 0 Å². The molecule has 0 spiro atoms. The first-order valence-corrected chi connectivity index (χ1v) is 10.0. The lowest BCUT2D eigenvalue weighted by atomic mass is 10.1. The van der Waals surface area contributed by atoms with Crippen LogP contribution in [0.2, 0.25) is 0 Å². The lowest BCUT2D eigenvalue weighted by molar-refractivity contribution is 0.605. The highest BCUT2D eigenvalue weighted by Gasteiger charge is 1.96. The normalized spacial score (nSPS) is 28.0. The first-order chi connectivity index (χ1) is 6.00. The van der Waals surface area contributed by atoms with Gasteiger partial charge in [0.15, 0.2) is 0 Å². The molecule has 1 fully saturated rings. The molecule has 0 bridgehead atoms. The zero-order valence-electron chi connectivity index (χ0n) is 7.77. The van der Waals surface area contributed by atoms with E-state index in [0.29, 0.717) is 0 Å². The summed E-state index contributed by atoms with van der Waals surface area (Å²) in [6.07, 6.45) is 12.0. The molecule has 0 amide bonds. The number of hydrogen-bond donors (Lipinski definition) is 0. The van der Waals surface area contributed by atoms with E-state index < -0.39 is 0 Å². The lowest BCUT2D eigenvalue weighted by Gasteiger charge is -2.05. The van der Waals surface area contributed by atoms with Gasteiger partial charge in [-0.25, -0.2) is 0 Å². The first-order valence-electron chi connectivity index (χ1n) is 5.10. The summed E-state index contributed by atoms with van der Waals surface area (Å²) in [6.45, 7) is 0. The molecule has 1 saturated heterocycles. The van der Waals surface area contributed by atoms with E-state index in [4.69, 9.17) is 0 Å². The minimum atomic E-state index is 1.22. The van der Waals surface area contributed by atoms with Crippen LogP contribution < -0.4 is 0 Å². The highest BCUT2D eigenvalue weighted by molar-refractivity contribution is 8.67. The Labute approximate surface area is 84.2 Å². The van der Waals surface area contributed by atoms with Gasteiger partial charge < -0.3 is 0 Å². The monoisotopic (exact) mass is 222 g/mol. The maximum atomic E-state index is 2.21. The smallest absolute Gasteiger partial charge is 0.00250 e. The third-order valence-corrected chi connectivity index (χ3v) is 8.40. The van der Waals surface area contributed by atoms with Crippen molar-refractivity contribution in [2.45, 2.75) is 44.9 Å². The molecule has 0 aromatic heterocycles. The van der Waals surface area contributed by atoms with Crippen molar-refractivity contribution in [2.75, 3.05) is 11.9 Å². The van der Waals surface area contributed by atoms with Crippen LogP contribution in [-0.4, -0.2) is 11.9 Å². The van der Waals surface area contributed by atoms with Gasteiger partial charge in [-0.05, 0) is 32.2 Å². The molecule has 2 unspecified atom stereocenters. The molecule has 3 heteroatoms. The van der Waals surface area contributed by atoms with Crippen LogP contribution in [0.4, 0.5) is 0 Å². The molecular formula is C9H20P2S. The van der Waals surface area contributed by atoms with Crippen LogP contribution in [0.1, 0.15) is 44.9 Å². The molecule has 0 nitrogen and oxygen atoms in total. The Bertz CT molecular complexity index is 55.5. The zero-order valence-corrected chi connectivity index (χ0v) is 10.6. The average Bonchev–Trinajstić information content (AvgIpc) is 2.05. The molecule has 1 aliphatic heterocycles. The largest absolute Gasteiger partial charge is 0.133 e. The van der Waals surface area contributed by atoms with Crippen molar-refractivity contribution in [1.82, 2.24) is 0 Å². The van der Waals surface area contributed by atoms with Crippen molar-refractivity contribution < 1.29 is 0 Å². The maximum absolute atomic E-state index is 2.21. The Morgan fingerprint density at radius 1 is 0.750 bits per heavy atom. The fraction of sp³-hybridized carbons (Fsp3) is 1.00. The fourth-order valence-electron chi connectivity index (χ4n) is 1.42. The van der Waals surface area contributed by atoms with Gasteiger partial charge in [-0.3, -0.25) is 0 Å². The van der Waals surface area contributed by atoms with E-state index in [0.717, 1.165) is 0 Å².